The smallest absolute Gasteiger partial charge is 0.330 e. The molecule has 1 saturated heterocycles. The molecule has 2 bridgehead atoms. The zero-order valence-corrected chi connectivity index (χ0v) is 11.1. The predicted octanol–water partition coefficient (Wildman–Crippen LogP) is 0.857. The monoisotopic (exact) mass is 272 g/mol. The largest absolute Gasteiger partial charge is 0.456 e. The van der Waals surface area contributed by atoms with Crippen molar-refractivity contribution in [1.29, 1.82) is 0 Å². The highest BCUT2D eigenvalue weighted by Crippen LogP contribution is 2.64. The van der Waals surface area contributed by atoms with Gasteiger partial charge in [0.2, 0.25) is 0 Å². The Morgan fingerprint density at radius 1 is 1.50 bits per heavy atom. The highest BCUT2D eigenvalue weighted by Gasteiger charge is 2.73. The van der Waals surface area contributed by atoms with Gasteiger partial charge in [-0.1, -0.05) is 20.4 Å². The Labute approximate surface area is 106 Å². The van der Waals surface area contributed by atoms with Crippen molar-refractivity contribution >= 4 is 16.1 Å². The summed E-state index contributed by atoms with van der Waals surface area (Å²) in [6, 6.07) is 0. The molecule has 100 valence electrons. The van der Waals surface area contributed by atoms with Crippen LogP contribution < -0.4 is 0 Å². The van der Waals surface area contributed by atoms with Gasteiger partial charge in [0, 0.05) is 17.9 Å². The van der Waals surface area contributed by atoms with Crippen LogP contribution in [0.4, 0.5) is 0 Å². The second kappa shape index (κ2) is 3.36. The van der Waals surface area contributed by atoms with E-state index in [1.165, 1.54) is 0 Å². The van der Waals surface area contributed by atoms with Crippen LogP contribution in [0.2, 0.25) is 0 Å². The van der Waals surface area contributed by atoms with E-state index in [2.05, 4.69) is 6.58 Å². The number of esters is 1. The molecule has 3 aliphatic rings. The van der Waals surface area contributed by atoms with Gasteiger partial charge in [-0.15, -0.1) is 0 Å². The molecule has 5 unspecified atom stereocenters. The topological polar surface area (TPSA) is 69.7 Å². The fourth-order valence-electron chi connectivity index (χ4n) is 4.02. The molecule has 0 aromatic heterocycles. The van der Waals surface area contributed by atoms with Crippen molar-refractivity contribution < 1.29 is 22.1 Å². The van der Waals surface area contributed by atoms with Crippen LogP contribution in [0.3, 0.4) is 0 Å². The zero-order valence-electron chi connectivity index (χ0n) is 10.3. The molecule has 0 aromatic carbocycles. The number of fused-ring (bicyclic) bond motifs is 1. The summed E-state index contributed by atoms with van der Waals surface area (Å²) in [7, 11) is -3.49. The molecular weight excluding hydrogens is 256 g/mol. The Bertz CT molecular complexity index is 521. The van der Waals surface area contributed by atoms with E-state index >= 15 is 0 Å². The Morgan fingerprint density at radius 2 is 2.17 bits per heavy atom. The zero-order chi connectivity index (χ0) is 13.3. The maximum atomic E-state index is 11.9. The lowest BCUT2D eigenvalue weighted by molar-refractivity contribution is -0.150. The Hall–Kier alpha value is -0.880. The molecule has 3 rings (SSSR count). The van der Waals surface area contributed by atoms with E-state index < -0.39 is 33.5 Å². The normalized spacial score (nSPS) is 46.0. The predicted molar refractivity (Wildman–Crippen MR) is 63.0 cm³/mol. The summed E-state index contributed by atoms with van der Waals surface area (Å²) < 4.78 is 34.3. The van der Waals surface area contributed by atoms with E-state index in [4.69, 9.17) is 8.92 Å². The van der Waals surface area contributed by atoms with Crippen molar-refractivity contribution in [2.45, 2.75) is 37.7 Å². The Morgan fingerprint density at radius 3 is 2.78 bits per heavy atom. The van der Waals surface area contributed by atoms with Crippen LogP contribution in [0.25, 0.3) is 0 Å². The van der Waals surface area contributed by atoms with Crippen LogP contribution in [0.15, 0.2) is 12.7 Å². The molecule has 2 aliphatic carbocycles. The minimum atomic E-state index is -3.49. The van der Waals surface area contributed by atoms with Gasteiger partial charge in [0.15, 0.2) is 0 Å². The number of carbonyl (C=O) groups is 1. The van der Waals surface area contributed by atoms with Crippen LogP contribution in [0, 0.1) is 17.3 Å². The quantitative estimate of drug-likeness (QED) is 0.423. The summed E-state index contributed by atoms with van der Waals surface area (Å²) in [4.78, 5) is 11.3. The van der Waals surface area contributed by atoms with Crippen LogP contribution in [0.5, 0.6) is 0 Å². The van der Waals surface area contributed by atoms with Gasteiger partial charge in [-0.2, -0.15) is 8.42 Å². The third-order valence-corrected chi connectivity index (χ3v) is 6.53. The number of hydrogen-bond acceptors (Lipinski definition) is 5. The summed E-state index contributed by atoms with van der Waals surface area (Å²) >= 11 is 0. The standard InChI is InChI=1S/C12H16O5S/c1-4-8(13)16-10-6-5-7-9(12(6,2)3)11(10)17-18(7,14)15/h4,6-7,9-11H,1,5H2,2-3H3. The van der Waals surface area contributed by atoms with Gasteiger partial charge in [-0.05, 0) is 11.8 Å². The van der Waals surface area contributed by atoms with Gasteiger partial charge in [0.05, 0.1) is 5.25 Å². The molecule has 6 heteroatoms. The van der Waals surface area contributed by atoms with E-state index in [0.717, 1.165) is 6.08 Å². The molecule has 0 aromatic rings. The van der Waals surface area contributed by atoms with Gasteiger partial charge in [-0.25, -0.2) is 4.79 Å². The molecular formula is C12H16O5S. The van der Waals surface area contributed by atoms with Gasteiger partial charge in [0.1, 0.15) is 12.2 Å². The maximum absolute atomic E-state index is 11.9. The van der Waals surface area contributed by atoms with Crippen molar-refractivity contribution in [3.63, 3.8) is 0 Å². The molecule has 0 N–H and O–H groups in total. The lowest BCUT2D eigenvalue weighted by atomic mass is 9.81. The Balaban J connectivity index is 1.98. The maximum Gasteiger partial charge on any atom is 0.330 e. The lowest BCUT2D eigenvalue weighted by Crippen LogP contribution is -2.36. The Kier molecular flexibility index (Phi) is 2.27. The minimum absolute atomic E-state index is 0.0404. The van der Waals surface area contributed by atoms with E-state index in [9.17, 15) is 13.2 Å². The van der Waals surface area contributed by atoms with Crippen molar-refractivity contribution in [2.24, 2.45) is 17.3 Å². The van der Waals surface area contributed by atoms with Gasteiger partial charge < -0.3 is 4.74 Å². The van der Waals surface area contributed by atoms with E-state index in [-0.39, 0.29) is 17.3 Å². The third-order valence-electron chi connectivity index (χ3n) is 4.81. The van der Waals surface area contributed by atoms with Crippen molar-refractivity contribution in [3.8, 4) is 0 Å². The van der Waals surface area contributed by atoms with Gasteiger partial charge >= 0.3 is 5.97 Å². The second-order valence-corrected chi connectivity index (χ2v) is 7.67. The molecule has 1 aliphatic heterocycles. The molecule has 18 heavy (non-hydrogen) atoms. The van der Waals surface area contributed by atoms with Crippen LogP contribution in [-0.2, 0) is 23.8 Å². The van der Waals surface area contributed by atoms with E-state index in [0.29, 0.717) is 6.42 Å². The first-order valence-corrected chi connectivity index (χ1v) is 7.51. The average Bonchev–Trinajstić information content (AvgIpc) is 2.73. The van der Waals surface area contributed by atoms with Crippen molar-refractivity contribution in [2.75, 3.05) is 0 Å². The average molecular weight is 272 g/mol. The first-order valence-electron chi connectivity index (χ1n) is 6.04. The molecule has 0 radical (unpaired) electrons. The highest BCUT2D eigenvalue weighted by atomic mass is 32.2. The van der Waals surface area contributed by atoms with Gasteiger partial charge in [0.25, 0.3) is 10.1 Å². The lowest BCUT2D eigenvalue weighted by Gasteiger charge is -2.25. The summed E-state index contributed by atoms with van der Waals surface area (Å²) in [5.74, 6) is -0.554. The number of rotatable bonds is 2. The summed E-state index contributed by atoms with van der Waals surface area (Å²) in [5.41, 5.74) is -0.176. The first kappa shape index (κ1) is 12.2. The molecule has 5 nitrogen and oxygen atoms in total. The molecule has 2 saturated carbocycles. The molecule has 1 heterocycles. The second-order valence-electron chi connectivity index (χ2n) is 5.89. The van der Waals surface area contributed by atoms with Crippen LogP contribution in [0.1, 0.15) is 20.3 Å². The van der Waals surface area contributed by atoms with E-state index in [1.807, 2.05) is 13.8 Å². The first-order chi connectivity index (χ1) is 8.29. The van der Waals surface area contributed by atoms with Crippen molar-refractivity contribution in [1.82, 2.24) is 0 Å². The number of ether oxygens (including phenoxy) is 1. The number of carbonyl (C=O) groups excluding carboxylic acids is 1. The van der Waals surface area contributed by atoms with E-state index in [1.54, 1.807) is 0 Å². The molecule has 0 amide bonds. The highest BCUT2D eigenvalue weighted by molar-refractivity contribution is 7.87. The third kappa shape index (κ3) is 1.30. The summed E-state index contributed by atoms with van der Waals surface area (Å²) in [6.45, 7) is 7.42. The molecule has 5 atom stereocenters. The summed E-state index contributed by atoms with van der Waals surface area (Å²) in [5, 5.41) is -0.429. The SMILES string of the molecule is C=CC(=O)OC1C2OS(=O)(=O)C3CC1C(C)(C)C23. The fourth-order valence-corrected chi connectivity index (χ4v) is 6.01. The van der Waals surface area contributed by atoms with Crippen molar-refractivity contribution in [3.05, 3.63) is 12.7 Å². The fraction of sp³-hybridized carbons (Fsp3) is 0.750. The summed E-state index contributed by atoms with van der Waals surface area (Å²) in [6.07, 6.45) is 0.632. The molecule has 0 spiro atoms. The van der Waals surface area contributed by atoms with Gasteiger partial charge in [-0.3, -0.25) is 4.18 Å². The molecule has 3 fully saturated rings. The van der Waals surface area contributed by atoms with Crippen LogP contribution >= 0.6 is 0 Å². The van der Waals surface area contributed by atoms with Crippen LogP contribution in [-0.4, -0.2) is 31.8 Å². The minimum Gasteiger partial charge on any atom is -0.456 e. The number of hydrogen-bond donors (Lipinski definition) is 0.